The van der Waals surface area contributed by atoms with Gasteiger partial charge < -0.3 is 31.8 Å². The van der Waals surface area contributed by atoms with E-state index in [9.17, 15) is 4.79 Å². The number of carbonyl (C=O) groups excluding carboxylic acids is 1. The van der Waals surface area contributed by atoms with Crippen LogP contribution in [0.15, 0.2) is 53.4 Å². The Morgan fingerprint density at radius 3 is 2.08 bits per heavy atom. The summed E-state index contributed by atoms with van der Waals surface area (Å²) in [5, 5.41) is 5.16. The van der Waals surface area contributed by atoms with Crippen LogP contribution in [-0.4, -0.2) is 19.6 Å². The Morgan fingerprint density at radius 1 is 0.875 bits per heavy atom. The van der Waals surface area contributed by atoms with Gasteiger partial charge in [0.05, 0.1) is 24.8 Å². The number of nitrogens with zero attached hydrogens (tertiary/aromatic N) is 1. The number of nitrogens with one attached hydrogen (secondary N) is 1. The Kier molecular flexibility index (Phi) is 16.6. The second-order valence-electron chi connectivity index (χ2n) is 10.4. The molecule has 2 aromatic carbocycles. The maximum absolute atomic E-state index is 13.0. The van der Waals surface area contributed by atoms with Gasteiger partial charge in [0, 0.05) is 18.1 Å². The normalized spacial score (nSPS) is 10.7. The van der Waals surface area contributed by atoms with Gasteiger partial charge in [-0.25, -0.2) is 0 Å². The molecule has 0 aliphatic heterocycles. The van der Waals surface area contributed by atoms with Gasteiger partial charge in [0.2, 0.25) is 5.51 Å². The molecule has 0 saturated heterocycles. The minimum Gasteiger partial charge on any atom is -1.00 e. The van der Waals surface area contributed by atoms with E-state index in [1.165, 1.54) is 69.9 Å². The lowest BCUT2D eigenvalue weighted by atomic mass is 10.1. The van der Waals surface area contributed by atoms with Crippen molar-refractivity contribution in [2.75, 3.05) is 19.0 Å². The predicted octanol–water partition coefficient (Wildman–Crippen LogP) is 5.74. The third kappa shape index (κ3) is 11.6. The molecular weight excluding hydrogens is 584 g/mol. The maximum Gasteiger partial charge on any atom is 0.255 e. The number of methoxy groups -OCH3 is 1. The Balaban J connectivity index is 0.00000560. The summed E-state index contributed by atoms with van der Waals surface area (Å²) < 4.78 is 13.9. The highest BCUT2D eigenvalue weighted by atomic mass is 79.9. The molecule has 3 aromatic rings. The number of para-hydroxylation sites is 1. The molecule has 0 bridgehead atoms. The van der Waals surface area contributed by atoms with Crippen molar-refractivity contribution in [3.8, 4) is 11.5 Å². The molecule has 40 heavy (non-hydrogen) atoms. The van der Waals surface area contributed by atoms with Crippen LogP contribution < -0.4 is 36.3 Å². The number of hydrogen-bond acceptors (Lipinski definition) is 4. The molecule has 0 aliphatic carbocycles. The molecule has 0 fully saturated rings. The Bertz CT molecular complexity index is 1120. The topological polar surface area (TPSA) is 51.4 Å². The van der Waals surface area contributed by atoms with Gasteiger partial charge in [-0.2, -0.15) is 4.57 Å². The van der Waals surface area contributed by atoms with Crippen LogP contribution in [0.1, 0.15) is 106 Å². The molecule has 1 heterocycles. The van der Waals surface area contributed by atoms with E-state index in [1.807, 2.05) is 42.5 Å². The molecule has 220 valence electrons. The lowest BCUT2D eigenvalue weighted by Crippen LogP contribution is -3.00. The number of benzene rings is 2. The van der Waals surface area contributed by atoms with Crippen LogP contribution in [0, 0.1) is 6.92 Å². The van der Waals surface area contributed by atoms with Crippen LogP contribution >= 0.6 is 11.3 Å². The number of amides is 1. The number of carbonyl (C=O) groups is 1. The number of aromatic nitrogens is 1. The largest absolute Gasteiger partial charge is 1.00 e. The molecule has 1 amide bonds. The van der Waals surface area contributed by atoms with Crippen molar-refractivity contribution in [1.82, 2.24) is 0 Å². The van der Waals surface area contributed by atoms with Crippen LogP contribution in [0.25, 0.3) is 0 Å². The van der Waals surface area contributed by atoms with E-state index >= 15 is 0 Å². The van der Waals surface area contributed by atoms with Crippen molar-refractivity contribution in [3.63, 3.8) is 0 Å². The molecule has 0 radical (unpaired) electrons. The van der Waals surface area contributed by atoms with Crippen molar-refractivity contribution in [2.24, 2.45) is 0 Å². The van der Waals surface area contributed by atoms with Gasteiger partial charge in [0.25, 0.3) is 5.91 Å². The fraction of sp³-hybridized carbons (Fsp3) is 0.515. The minimum atomic E-state index is -0.163. The van der Waals surface area contributed by atoms with Gasteiger partial charge in [-0.15, -0.1) is 0 Å². The Hall–Kier alpha value is -2.38. The fourth-order valence-electron chi connectivity index (χ4n) is 4.71. The Labute approximate surface area is 256 Å². The summed E-state index contributed by atoms with van der Waals surface area (Å²) in [6, 6.07) is 13.4. The lowest BCUT2D eigenvalue weighted by molar-refractivity contribution is -0.689. The Morgan fingerprint density at radius 2 is 1.50 bits per heavy atom. The molecule has 0 atom stereocenters. The lowest BCUT2D eigenvalue weighted by Gasteiger charge is -2.16. The van der Waals surface area contributed by atoms with Gasteiger partial charge in [0.1, 0.15) is 0 Å². The molecular formula is C33H47BrN2O3S. The van der Waals surface area contributed by atoms with Crippen molar-refractivity contribution >= 4 is 22.9 Å². The molecule has 7 heteroatoms. The number of thiazole rings is 1. The number of rotatable bonds is 19. The number of hydrogen-bond donors (Lipinski definition) is 1. The molecule has 1 N–H and O–H groups in total. The van der Waals surface area contributed by atoms with Gasteiger partial charge in [-0.3, -0.25) is 4.79 Å². The van der Waals surface area contributed by atoms with Gasteiger partial charge in [0.15, 0.2) is 23.7 Å². The summed E-state index contributed by atoms with van der Waals surface area (Å²) in [6.45, 7) is 5.77. The first kappa shape index (κ1) is 33.8. The van der Waals surface area contributed by atoms with Gasteiger partial charge in [-0.1, -0.05) is 107 Å². The monoisotopic (exact) mass is 630 g/mol. The zero-order chi connectivity index (χ0) is 27.7. The highest BCUT2D eigenvalue weighted by Crippen LogP contribution is 2.35. The molecule has 0 spiro atoms. The summed E-state index contributed by atoms with van der Waals surface area (Å²) in [5.41, 5.74) is 5.74. The fourth-order valence-corrected chi connectivity index (χ4v) is 5.49. The van der Waals surface area contributed by atoms with Crippen molar-refractivity contribution in [2.45, 2.75) is 97.4 Å². The van der Waals surface area contributed by atoms with E-state index in [-0.39, 0.29) is 22.9 Å². The third-order valence-corrected chi connectivity index (χ3v) is 7.99. The van der Waals surface area contributed by atoms with E-state index < -0.39 is 0 Å². The van der Waals surface area contributed by atoms with E-state index in [1.54, 1.807) is 18.4 Å². The number of anilines is 1. The van der Waals surface area contributed by atoms with Crippen molar-refractivity contribution < 1.29 is 35.8 Å². The minimum absolute atomic E-state index is 0. The predicted molar refractivity (Wildman–Crippen MR) is 162 cm³/mol. The first-order valence-corrected chi connectivity index (χ1v) is 15.7. The third-order valence-electron chi connectivity index (χ3n) is 7.14. The summed E-state index contributed by atoms with van der Waals surface area (Å²) in [7, 11) is 1.63. The quantitative estimate of drug-likeness (QED) is 0.136. The molecule has 3 rings (SSSR count). The van der Waals surface area contributed by atoms with Gasteiger partial charge in [-0.05, 0) is 30.7 Å². The van der Waals surface area contributed by atoms with E-state index in [0.29, 0.717) is 29.4 Å². The van der Waals surface area contributed by atoms with Crippen molar-refractivity contribution in [1.29, 1.82) is 0 Å². The second kappa shape index (κ2) is 19.7. The van der Waals surface area contributed by atoms with Crippen LogP contribution in [0.2, 0.25) is 0 Å². The number of ether oxygens (including phenoxy) is 2. The number of aryl methyl sites for hydroxylation is 1. The average molecular weight is 632 g/mol. The van der Waals surface area contributed by atoms with Crippen LogP contribution in [0.3, 0.4) is 0 Å². The smallest absolute Gasteiger partial charge is 0.255 e. The zero-order valence-electron chi connectivity index (χ0n) is 24.6. The molecule has 1 aromatic heterocycles. The first-order chi connectivity index (χ1) is 19.1. The zero-order valence-corrected chi connectivity index (χ0v) is 27.0. The molecule has 0 saturated carbocycles. The van der Waals surface area contributed by atoms with E-state index in [2.05, 4.69) is 34.6 Å². The maximum atomic E-state index is 13.0. The highest BCUT2D eigenvalue weighted by Gasteiger charge is 2.15. The summed E-state index contributed by atoms with van der Waals surface area (Å²) in [6.07, 6.45) is 15.7. The summed E-state index contributed by atoms with van der Waals surface area (Å²) in [4.78, 5) is 13.0. The van der Waals surface area contributed by atoms with Crippen LogP contribution in [0.5, 0.6) is 11.5 Å². The first-order valence-electron chi connectivity index (χ1n) is 14.7. The number of unbranched alkanes of at least 4 members (excludes halogenated alkanes) is 11. The summed E-state index contributed by atoms with van der Waals surface area (Å²) in [5.74, 6) is 1.06. The van der Waals surface area contributed by atoms with E-state index in [4.69, 9.17) is 9.47 Å². The summed E-state index contributed by atoms with van der Waals surface area (Å²) >= 11 is 1.69. The van der Waals surface area contributed by atoms with Gasteiger partial charge >= 0.3 is 0 Å². The average Bonchev–Trinajstić information content (AvgIpc) is 3.36. The number of halogens is 1. The SMILES string of the molecule is CCCCCCCCCCCCCCOc1c(NC(=O)c2ccc(C[n+]3cscc3C)cc2)cccc1OC.[Br-]. The molecule has 0 unspecified atom stereocenters. The van der Waals surface area contributed by atoms with Crippen molar-refractivity contribution in [3.05, 3.63) is 70.2 Å². The van der Waals surface area contributed by atoms with E-state index in [0.717, 1.165) is 24.9 Å². The van der Waals surface area contributed by atoms with Crippen LogP contribution in [0.4, 0.5) is 5.69 Å². The standard InChI is InChI=1S/C33H46N2O3S.BrH/c1-4-5-6-7-8-9-10-11-12-13-14-15-23-38-32-30(17-16-18-31(32)37-3)34-33(36)29-21-19-28(20-22-29)24-35-26-39-25-27(35)2;/h16-22,25-26H,4-15,23-24H2,1-3H3;1H. The molecule has 5 nitrogen and oxygen atoms in total. The second-order valence-corrected chi connectivity index (χ2v) is 11.1. The highest BCUT2D eigenvalue weighted by molar-refractivity contribution is 7.07. The van der Waals surface area contributed by atoms with Crippen LogP contribution in [-0.2, 0) is 6.54 Å². The molecule has 0 aliphatic rings.